The Morgan fingerprint density at radius 3 is 1.94 bits per heavy atom. The summed E-state index contributed by atoms with van der Waals surface area (Å²) in [5.74, 6) is -3.22. The van der Waals surface area contributed by atoms with Crippen LogP contribution in [0.2, 0.25) is 0 Å². The molecule has 0 aliphatic heterocycles. The smallest absolute Gasteiger partial charge is 0.408 e. The first-order chi connectivity index (χ1) is 22.2. The molecule has 0 saturated carbocycles. The zero-order valence-electron chi connectivity index (χ0n) is 25.9. The van der Waals surface area contributed by atoms with Crippen LogP contribution in [0.25, 0.3) is 0 Å². The lowest BCUT2D eigenvalue weighted by atomic mass is 10.00. The quantitative estimate of drug-likeness (QED) is 0.122. The maximum absolute atomic E-state index is 13.5. The Hall–Kier alpha value is -4.99. The number of carbonyl (C=O) groups is 4. The van der Waals surface area contributed by atoms with Gasteiger partial charge in [-0.3, -0.25) is 18.7 Å². The first-order valence-electron chi connectivity index (χ1n) is 14.6. The fourth-order valence-corrected chi connectivity index (χ4v) is 6.00. The number of carboxylic acid groups (broad SMARTS) is 1. The average molecular weight is 670 g/mol. The number of nitrogens with one attached hydrogen (secondary N) is 3. The SMILES string of the molecule is CC(C)(NS(=O)(=O)N(C[C@@H](O)[C@H](Cc1ccccc1)NC(=O)[C@H](CC(N)=O)NC(=O)OCc1ccccc1)c1ccccc1)C(=O)O. The zero-order valence-corrected chi connectivity index (χ0v) is 26.7. The molecule has 3 atom stereocenters. The van der Waals surface area contributed by atoms with Crippen molar-refractivity contribution in [1.29, 1.82) is 0 Å². The third-order valence-corrected chi connectivity index (χ3v) is 8.63. The maximum atomic E-state index is 13.5. The van der Waals surface area contributed by atoms with Crippen LogP contribution in [-0.4, -0.2) is 72.8 Å². The number of benzene rings is 3. The minimum Gasteiger partial charge on any atom is -0.480 e. The van der Waals surface area contributed by atoms with Gasteiger partial charge in [0.25, 0.3) is 0 Å². The van der Waals surface area contributed by atoms with Gasteiger partial charge in [0, 0.05) is 0 Å². The van der Waals surface area contributed by atoms with Crippen LogP contribution in [0.15, 0.2) is 91.0 Å². The molecule has 0 bridgehead atoms. The van der Waals surface area contributed by atoms with Crippen LogP contribution in [0.4, 0.5) is 10.5 Å². The average Bonchev–Trinajstić information content (AvgIpc) is 3.02. The van der Waals surface area contributed by atoms with Crippen molar-refractivity contribution < 1.29 is 42.5 Å². The Labute approximate surface area is 273 Å². The van der Waals surface area contributed by atoms with Crippen molar-refractivity contribution in [3.05, 3.63) is 102 Å². The number of para-hydroxylation sites is 1. The van der Waals surface area contributed by atoms with E-state index in [0.29, 0.717) is 11.1 Å². The van der Waals surface area contributed by atoms with Crippen LogP contribution in [0.5, 0.6) is 0 Å². The summed E-state index contributed by atoms with van der Waals surface area (Å²) >= 11 is 0. The lowest BCUT2D eigenvalue weighted by molar-refractivity contribution is -0.142. The van der Waals surface area contributed by atoms with Crippen molar-refractivity contribution in [2.24, 2.45) is 5.73 Å². The lowest BCUT2D eigenvalue weighted by Crippen LogP contribution is -2.59. The summed E-state index contributed by atoms with van der Waals surface area (Å²) in [5, 5.41) is 26.0. The molecule has 0 heterocycles. The second kappa shape index (κ2) is 16.5. The van der Waals surface area contributed by atoms with E-state index in [2.05, 4.69) is 15.4 Å². The topological polar surface area (TPSA) is 217 Å². The summed E-state index contributed by atoms with van der Waals surface area (Å²) in [7, 11) is -4.59. The number of nitrogens with two attached hydrogens (primary N) is 1. The highest BCUT2D eigenvalue weighted by molar-refractivity contribution is 7.91. The number of hydrogen-bond acceptors (Lipinski definition) is 8. The molecular weight excluding hydrogens is 630 g/mol. The van der Waals surface area contributed by atoms with E-state index < -0.39 is 70.8 Å². The van der Waals surface area contributed by atoms with Crippen molar-refractivity contribution in [1.82, 2.24) is 15.4 Å². The van der Waals surface area contributed by atoms with Crippen LogP contribution < -0.4 is 25.4 Å². The molecule has 14 nitrogen and oxygen atoms in total. The van der Waals surface area contributed by atoms with E-state index in [1.807, 2.05) is 0 Å². The van der Waals surface area contributed by atoms with E-state index in [4.69, 9.17) is 10.5 Å². The van der Waals surface area contributed by atoms with E-state index in [-0.39, 0.29) is 18.7 Å². The number of aliphatic hydroxyl groups is 1. The third kappa shape index (κ3) is 11.4. The van der Waals surface area contributed by atoms with Gasteiger partial charge < -0.3 is 31.3 Å². The van der Waals surface area contributed by atoms with Crippen molar-refractivity contribution in [3.63, 3.8) is 0 Å². The molecule has 0 aliphatic rings. The van der Waals surface area contributed by atoms with Gasteiger partial charge in [-0.15, -0.1) is 0 Å². The van der Waals surface area contributed by atoms with Crippen molar-refractivity contribution in [2.75, 3.05) is 10.8 Å². The van der Waals surface area contributed by atoms with Crippen molar-refractivity contribution >= 4 is 39.8 Å². The van der Waals surface area contributed by atoms with Crippen molar-refractivity contribution in [3.8, 4) is 0 Å². The van der Waals surface area contributed by atoms with Crippen LogP contribution in [0.3, 0.4) is 0 Å². The fraction of sp³-hybridized carbons (Fsp3) is 0.312. The third-order valence-electron chi connectivity index (χ3n) is 6.92. The fourth-order valence-electron chi connectivity index (χ4n) is 4.41. The molecule has 0 aromatic heterocycles. The highest BCUT2D eigenvalue weighted by atomic mass is 32.2. The number of amides is 3. The number of carbonyl (C=O) groups excluding carboxylic acids is 3. The molecule has 0 unspecified atom stereocenters. The molecule has 3 rings (SSSR count). The molecule has 7 N–H and O–H groups in total. The monoisotopic (exact) mass is 669 g/mol. The Morgan fingerprint density at radius 2 is 1.40 bits per heavy atom. The molecule has 47 heavy (non-hydrogen) atoms. The van der Waals surface area contributed by atoms with Crippen molar-refractivity contribution in [2.45, 2.75) is 57.0 Å². The van der Waals surface area contributed by atoms with Gasteiger partial charge in [-0.2, -0.15) is 13.1 Å². The number of aliphatic hydroxyl groups excluding tert-OH is 1. The van der Waals surface area contributed by atoms with Gasteiger partial charge in [-0.25, -0.2) is 4.79 Å². The van der Waals surface area contributed by atoms with E-state index in [1.54, 1.807) is 78.9 Å². The van der Waals surface area contributed by atoms with Gasteiger partial charge in [-0.05, 0) is 43.5 Å². The Balaban J connectivity index is 1.88. The number of nitrogens with zero attached hydrogens (tertiary/aromatic N) is 1. The first kappa shape index (κ1) is 36.5. The number of hydrogen-bond donors (Lipinski definition) is 6. The summed E-state index contributed by atoms with van der Waals surface area (Å²) in [6.45, 7) is 1.60. The molecular formula is C32H39N5O9S. The van der Waals surface area contributed by atoms with Gasteiger partial charge in [0.1, 0.15) is 18.2 Å². The van der Waals surface area contributed by atoms with Crippen LogP contribution in [0, 0.1) is 0 Å². The Bertz CT molecular complexity index is 1610. The summed E-state index contributed by atoms with van der Waals surface area (Å²) in [5.41, 5.74) is 4.91. The maximum Gasteiger partial charge on any atom is 0.408 e. The van der Waals surface area contributed by atoms with Gasteiger partial charge in [0.15, 0.2) is 0 Å². The Kier molecular flexibility index (Phi) is 12.8. The van der Waals surface area contributed by atoms with Crippen LogP contribution in [0.1, 0.15) is 31.4 Å². The number of anilines is 1. The highest BCUT2D eigenvalue weighted by Crippen LogP contribution is 2.21. The van der Waals surface area contributed by atoms with Gasteiger partial charge >= 0.3 is 22.3 Å². The normalized spacial score (nSPS) is 13.4. The van der Waals surface area contributed by atoms with Gasteiger partial charge in [0.05, 0.1) is 30.8 Å². The lowest BCUT2D eigenvalue weighted by Gasteiger charge is -2.33. The molecule has 0 saturated heterocycles. The van der Waals surface area contributed by atoms with E-state index in [1.165, 1.54) is 26.0 Å². The second-order valence-electron chi connectivity index (χ2n) is 11.2. The standard InChI is InChI=1S/C32H39N5O9S/c1-32(2,30(41)42)36-47(44,45)37(24-16-10-5-11-17-24)20-27(38)25(18-22-12-6-3-7-13-22)34-29(40)26(19-28(33)39)35-31(43)46-21-23-14-8-4-9-15-23/h3-17,25-27,36,38H,18-21H2,1-2H3,(H2,33,39)(H,34,40)(H,35,43)(H,41,42)/t25-,26-,27+/m0/s1. The second-order valence-corrected chi connectivity index (χ2v) is 12.8. The minimum atomic E-state index is -4.59. The highest BCUT2D eigenvalue weighted by Gasteiger charge is 2.38. The Morgan fingerprint density at radius 1 is 0.872 bits per heavy atom. The molecule has 15 heteroatoms. The molecule has 0 spiro atoms. The minimum absolute atomic E-state index is 0.00617. The summed E-state index contributed by atoms with van der Waals surface area (Å²) in [6, 6.07) is 22.5. The number of rotatable bonds is 17. The van der Waals surface area contributed by atoms with E-state index in [0.717, 1.165) is 4.31 Å². The molecule has 252 valence electrons. The predicted octanol–water partition coefficient (Wildman–Crippen LogP) is 1.45. The molecule has 3 aromatic rings. The summed E-state index contributed by atoms with van der Waals surface area (Å²) in [6.07, 6.45) is -3.18. The van der Waals surface area contributed by atoms with E-state index >= 15 is 0 Å². The molecule has 0 fully saturated rings. The number of aliphatic carboxylic acids is 1. The largest absolute Gasteiger partial charge is 0.480 e. The molecule has 3 aromatic carbocycles. The molecule has 3 amide bonds. The first-order valence-corrected chi connectivity index (χ1v) is 16.0. The number of primary amides is 1. The molecule has 0 radical (unpaired) electrons. The van der Waals surface area contributed by atoms with Gasteiger partial charge in [-0.1, -0.05) is 78.9 Å². The predicted molar refractivity (Wildman–Crippen MR) is 173 cm³/mol. The van der Waals surface area contributed by atoms with E-state index in [9.17, 15) is 37.8 Å². The summed E-state index contributed by atoms with van der Waals surface area (Å²) < 4.78 is 35.2. The zero-order chi connectivity index (χ0) is 34.6. The van der Waals surface area contributed by atoms with Crippen LogP contribution in [-0.2, 0) is 42.4 Å². The molecule has 0 aliphatic carbocycles. The van der Waals surface area contributed by atoms with Gasteiger partial charge in [0.2, 0.25) is 11.8 Å². The summed E-state index contributed by atoms with van der Waals surface area (Å²) in [4.78, 5) is 49.6. The number of ether oxygens (including phenoxy) is 1. The van der Waals surface area contributed by atoms with Crippen LogP contribution >= 0.6 is 0 Å². The number of alkyl carbamates (subject to hydrolysis) is 1. The number of carboxylic acids is 1.